The molecule has 24 nitrogen and oxygen atoms in total. The SMILES string of the molecule is CC(=O)OC[C@H]1O[C@@H](OCCNC(=O)c2cccc(C(=O)NCCO[C@H]3O[C@H](COC(C)=O)[C@@H](OC(C)=O)[C@H](OC(C)=O)[C@H]3OC(C)=O)c2)[C@H](OC(C)=O)[C@@H](OC(C)=O)[C@@H]1OC(C)=O. The van der Waals surface area contributed by atoms with Gasteiger partial charge in [-0.25, -0.2) is 0 Å². The van der Waals surface area contributed by atoms with Gasteiger partial charge >= 0.3 is 47.8 Å². The summed E-state index contributed by atoms with van der Waals surface area (Å²) in [6, 6.07) is 5.61. The van der Waals surface area contributed by atoms with Crippen molar-refractivity contribution in [2.45, 2.75) is 117 Å². The smallest absolute Gasteiger partial charge is 0.303 e. The first-order chi connectivity index (χ1) is 30.2. The number of nitrogens with one attached hydrogen (secondary N) is 2. The molecule has 0 aromatic heterocycles. The molecule has 2 aliphatic heterocycles. The molecule has 2 saturated heterocycles. The van der Waals surface area contributed by atoms with E-state index in [0.717, 1.165) is 55.4 Å². The summed E-state index contributed by atoms with van der Waals surface area (Å²) >= 11 is 0. The summed E-state index contributed by atoms with van der Waals surface area (Å²) < 4.78 is 65.5. The van der Waals surface area contributed by atoms with Gasteiger partial charge in [0.25, 0.3) is 11.8 Å². The minimum atomic E-state index is -1.47. The summed E-state index contributed by atoms with van der Waals surface area (Å²) in [5.74, 6) is -7.58. The van der Waals surface area contributed by atoms with E-state index in [1.54, 1.807) is 0 Å². The molecule has 0 aliphatic carbocycles. The first-order valence-electron chi connectivity index (χ1n) is 19.7. The quantitative estimate of drug-likeness (QED) is 0.0932. The molecule has 10 atom stereocenters. The molecule has 0 saturated carbocycles. The lowest BCUT2D eigenvalue weighted by Crippen LogP contribution is -2.63. The zero-order valence-electron chi connectivity index (χ0n) is 36.3. The van der Waals surface area contributed by atoms with Crippen LogP contribution in [0.15, 0.2) is 24.3 Å². The Morgan fingerprint density at radius 3 is 1.08 bits per heavy atom. The summed E-state index contributed by atoms with van der Waals surface area (Å²) in [5.41, 5.74) is 0.127. The Kier molecular flexibility index (Phi) is 20.5. The molecule has 2 heterocycles. The molecular weight excluding hydrogens is 860 g/mol. The van der Waals surface area contributed by atoms with Crippen molar-refractivity contribution in [1.29, 1.82) is 0 Å². The van der Waals surface area contributed by atoms with Crippen molar-refractivity contribution < 1.29 is 105 Å². The van der Waals surface area contributed by atoms with Crippen molar-refractivity contribution in [3.8, 4) is 0 Å². The first-order valence-corrected chi connectivity index (χ1v) is 19.7. The van der Waals surface area contributed by atoms with Crippen molar-refractivity contribution in [1.82, 2.24) is 10.6 Å². The average molecular weight is 913 g/mol. The van der Waals surface area contributed by atoms with E-state index in [2.05, 4.69) is 10.6 Å². The molecule has 354 valence electrons. The van der Waals surface area contributed by atoms with E-state index in [-0.39, 0.29) is 37.4 Å². The maximum absolute atomic E-state index is 13.1. The van der Waals surface area contributed by atoms with Gasteiger partial charge in [0.15, 0.2) is 49.2 Å². The molecule has 0 spiro atoms. The summed E-state index contributed by atoms with van der Waals surface area (Å²) in [5, 5.41) is 5.21. The summed E-state index contributed by atoms with van der Waals surface area (Å²) in [6.45, 7) is 6.89. The maximum atomic E-state index is 13.1. The second-order valence-electron chi connectivity index (χ2n) is 14.0. The molecule has 0 unspecified atom stereocenters. The lowest BCUT2D eigenvalue weighted by Gasteiger charge is -2.44. The molecule has 64 heavy (non-hydrogen) atoms. The zero-order valence-corrected chi connectivity index (χ0v) is 36.3. The van der Waals surface area contributed by atoms with Crippen LogP contribution in [0.25, 0.3) is 0 Å². The van der Waals surface area contributed by atoms with E-state index < -0.39 is 134 Å². The van der Waals surface area contributed by atoms with Crippen LogP contribution < -0.4 is 10.6 Å². The number of amides is 2. The number of ether oxygens (including phenoxy) is 12. The van der Waals surface area contributed by atoms with Gasteiger partial charge in [-0.3, -0.25) is 47.9 Å². The molecule has 1 aromatic carbocycles. The monoisotopic (exact) mass is 912 g/mol. The van der Waals surface area contributed by atoms with Crippen LogP contribution in [0.3, 0.4) is 0 Å². The van der Waals surface area contributed by atoms with Crippen LogP contribution in [0.2, 0.25) is 0 Å². The predicted octanol–water partition coefficient (Wildman–Crippen LogP) is -0.654. The average Bonchev–Trinajstić information content (AvgIpc) is 3.19. The van der Waals surface area contributed by atoms with Crippen LogP contribution in [0, 0.1) is 0 Å². The first kappa shape index (κ1) is 52.1. The van der Waals surface area contributed by atoms with Gasteiger partial charge in [-0.15, -0.1) is 0 Å². The van der Waals surface area contributed by atoms with Crippen molar-refractivity contribution in [3.63, 3.8) is 0 Å². The third kappa shape index (κ3) is 16.8. The molecule has 0 radical (unpaired) electrons. The fraction of sp³-hybridized carbons (Fsp3) is 0.600. The minimum absolute atomic E-state index is 0.0636. The van der Waals surface area contributed by atoms with Crippen molar-refractivity contribution >= 4 is 59.6 Å². The van der Waals surface area contributed by atoms with Crippen molar-refractivity contribution in [2.24, 2.45) is 0 Å². The third-order valence-electron chi connectivity index (χ3n) is 8.62. The van der Waals surface area contributed by atoms with Crippen molar-refractivity contribution in [2.75, 3.05) is 39.5 Å². The van der Waals surface area contributed by atoms with Crippen LogP contribution in [-0.2, 0) is 95.2 Å². The molecule has 2 aliphatic rings. The number of hydrogen-bond acceptors (Lipinski definition) is 22. The highest BCUT2D eigenvalue weighted by Gasteiger charge is 2.54. The highest BCUT2D eigenvalue weighted by atomic mass is 16.7. The highest BCUT2D eigenvalue weighted by Crippen LogP contribution is 2.31. The molecule has 24 heteroatoms. The van der Waals surface area contributed by atoms with Crippen LogP contribution >= 0.6 is 0 Å². The van der Waals surface area contributed by atoms with Gasteiger partial charge in [0, 0.05) is 79.6 Å². The van der Waals surface area contributed by atoms with E-state index >= 15 is 0 Å². The Morgan fingerprint density at radius 1 is 0.453 bits per heavy atom. The van der Waals surface area contributed by atoms with Crippen LogP contribution in [-0.4, -0.2) is 160 Å². The highest BCUT2D eigenvalue weighted by molar-refractivity contribution is 5.99. The second-order valence-corrected chi connectivity index (χ2v) is 14.0. The van der Waals surface area contributed by atoms with Gasteiger partial charge in [0.05, 0.1) is 13.2 Å². The normalized spacial score (nSPS) is 24.9. The molecule has 2 N–H and O–H groups in total. The Balaban J connectivity index is 1.65. The molecule has 1 aromatic rings. The molecule has 3 rings (SSSR count). The van der Waals surface area contributed by atoms with E-state index in [4.69, 9.17) is 56.8 Å². The summed E-state index contributed by atoms with van der Waals surface area (Å²) in [6.07, 6.45) is -14.0. The number of benzene rings is 1. The summed E-state index contributed by atoms with van der Waals surface area (Å²) in [7, 11) is 0. The number of esters is 8. The third-order valence-corrected chi connectivity index (χ3v) is 8.62. The topological polar surface area (TPSA) is 306 Å². The van der Waals surface area contributed by atoms with E-state index in [0.29, 0.717) is 0 Å². The Morgan fingerprint density at radius 2 is 0.766 bits per heavy atom. The van der Waals surface area contributed by atoms with Gasteiger partial charge < -0.3 is 67.5 Å². The van der Waals surface area contributed by atoms with Crippen LogP contribution in [0.4, 0.5) is 0 Å². The fourth-order valence-electron chi connectivity index (χ4n) is 6.33. The van der Waals surface area contributed by atoms with Gasteiger partial charge in [-0.1, -0.05) is 6.07 Å². The van der Waals surface area contributed by atoms with Crippen molar-refractivity contribution in [3.05, 3.63) is 35.4 Å². The van der Waals surface area contributed by atoms with Crippen LogP contribution in [0.1, 0.15) is 76.1 Å². The largest absolute Gasteiger partial charge is 0.463 e. The lowest BCUT2D eigenvalue weighted by atomic mass is 9.98. The Hall–Kier alpha value is -6.24. The van der Waals surface area contributed by atoms with E-state index in [1.807, 2.05) is 0 Å². The number of carbonyl (C=O) groups excluding carboxylic acids is 10. The Bertz CT molecular complexity index is 1740. The van der Waals surface area contributed by atoms with E-state index in [1.165, 1.54) is 24.3 Å². The van der Waals surface area contributed by atoms with E-state index in [9.17, 15) is 47.9 Å². The summed E-state index contributed by atoms with van der Waals surface area (Å²) in [4.78, 5) is 122. The lowest BCUT2D eigenvalue weighted by molar-refractivity contribution is -0.307. The zero-order chi connectivity index (χ0) is 47.7. The van der Waals surface area contributed by atoms with Crippen LogP contribution in [0.5, 0.6) is 0 Å². The maximum Gasteiger partial charge on any atom is 0.303 e. The Labute approximate surface area is 366 Å². The molecule has 2 fully saturated rings. The second kappa shape index (κ2) is 25.2. The van der Waals surface area contributed by atoms with Gasteiger partial charge in [0.2, 0.25) is 0 Å². The molecule has 2 amide bonds. The number of carbonyl (C=O) groups is 10. The molecule has 0 bridgehead atoms. The number of rotatable bonds is 20. The predicted molar refractivity (Wildman–Crippen MR) is 207 cm³/mol. The standard InChI is InChI=1S/C40H52N2O22/c1-19(43)55-17-29-31(57-21(3)45)33(59-23(5)47)35(61-25(7)49)39(63-29)53-14-12-41-37(51)27-10-9-11-28(16-27)38(52)42-13-15-54-40-36(62-26(8)50)34(60-24(6)48)32(58-22(4)46)30(64-40)18-56-20(2)44/h9-11,16,29-36,39-40H,12-15,17-18H2,1-8H3,(H,41,51)(H,42,52)/t29-,30-,31-,32-,33+,34+,35-,36-,39-,40+/m1/s1. The fourth-order valence-corrected chi connectivity index (χ4v) is 6.33. The molecular formula is C40H52N2O22. The van der Waals surface area contributed by atoms with Gasteiger partial charge in [0.1, 0.15) is 25.4 Å². The number of hydrogen-bond donors (Lipinski definition) is 2. The minimum Gasteiger partial charge on any atom is -0.463 e. The van der Waals surface area contributed by atoms with Gasteiger partial charge in [-0.2, -0.15) is 0 Å². The van der Waals surface area contributed by atoms with Gasteiger partial charge in [-0.05, 0) is 18.2 Å².